The van der Waals surface area contributed by atoms with E-state index in [1.165, 1.54) is 13.3 Å². The van der Waals surface area contributed by atoms with Crippen molar-refractivity contribution in [3.05, 3.63) is 106 Å². The number of nitrogens with zero attached hydrogens (tertiary/aromatic N) is 2. The van der Waals surface area contributed by atoms with E-state index in [1.807, 2.05) is 24.3 Å². The molecule has 10 heteroatoms. The molecule has 52 heavy (non-hydrogen) atoms. The van der Waals surface area contributed by atoms with Crippen LogP contribution in [0, 0.1) is 25.7 Å². The number of likely N-dealkylation sites (tertiary alicyclic amines) is 1. The number of piperidine rings is 1. The number of rotatable bonds is 17. The van der Waals surface area contributed by atoms with Gasteiger partial charge in [-0.05, 0) is 85.2 Å². The van der Waals surface area contributed by atoms with Crippen molar-refractivity contribution in [1.29, 1.82) is 0 Å². The highest BCUT2D eigenvalue weighted by Gasteiger charge is 2.33. The number of carbonyl (C=O) groups excluding carboxylic acids is 1. The Balaban J connectivity index is 1.09. The van der Waals surface area contributed by atoms with Gasteiger partial charge >= 0.3 is 0 Å². The summed E-state index contributed by atoms with van der Waals surface area (Å²) in [5.41, 5.74) is 7.49. The van der Waals surface area contributed by atoms with Crippen molar-refractivity contribution >= 4 is 17.5 Å². The predicted octanol–water partition coefficient (Wildman–Crippen LogP) is 7.14. The Bertz CT molecular complexity index is 1790. The number of fused-ring (bicyclic) bond motifs is 1. The Morgan fingerprint density at radius 2 is 1.71 bits per heavy atom. The third-order valence-electron chi connectivity index (χ3n) is 10.1. The maximum Gasteiger partial charge on any atom is 0.216 e. The summed E-state index contributed by atoms with van der Waals surface area (Å²) < 4.78 is 24.7. The van der Waals surface area contributed by atoms with Crippen molar-refractivity contribution < 1.29 is 23.7 Å². The molecule has 3 aromatic carbocycles. The van der Waals surface area contributed by atoms with Gasteiger partial charge in [0.15, 0.2) is 0 Å². The van der Waals surface area contributed by atoms with E-state index < -0.39 is 0 Å². The number of hydrogen-bond acceptors (Lipinski definition) is 8. The molecule has 0 bridgehead atoms. The molecule has 2 atom stereocenters. The summed E-state index contributed by atoms with van der Waals surface area (Å²) >= 11 is 6.79. The molecule has 0 spiro atoms. The number of ether oxygens (including phenoxy) is 4. The van der Waals surface area contributed by atoms with Crippen LogP contribution in [0.5, 0.6) is 17.2 Å². The van der Waals surface area contributed by atoms with Crippen LogP contribution in [0.15, 0.2) is 73.1 Å². The van der Waals surface area contributed by atoms with Crippen LogP contribution in [-0.4, -0.2) is 68.3 Å². The van der Waals surface area contributed by atoms with Crippen LogP contribution >= 0.6 is 11.6 Å². The van der Waals surface area contributed by atoms with E-state index in [4.69, 9.17) is 30.5 Å². The molecule has 2 saturated heterocycles. The molecule has 2 N–H and O–H groups in total. The van der Waals surface area contributed by atoms with E-state index in [9.17, 15) is 4.79 Å². The van der Waals surface area contributed by atoms with Crippen molar-refractivity contribution in [2.75, 3.05) is 52.5 Å². The van der Waals surface area contributed by atoms with Gasteiger partial charge in [0, 0.05) is 81.8 Å². The van der Waals surface area contributed by atoms with Gasteiger partial charge in [0.2, 0.25) is 5.91 Å². The first-order chi connectivity index (χ1) is 25.4. The molecule has 1 aromatic heterocycles. The van der Waals surface area contributed by atoms with Crippen LogP contribution in [0.2, 0.25) is 5.02 Å². The summed E-state index contributed by atoms with van der Waals surface area (Å²) in [6.45, 7) is 14.1. The van der Waals surface area contributed by atoms with E-state index in [1.54, 1.807) is 12.4 Å². The van der Waals surface area contributed by atoms with Gasteiger partial charge in [-0.1, -0.05) is 48.0 Å². The average Bonchev–Trinajstić information content (AvgIpc) is 3.62. The van der Waals surface area contributed by atoms with Crippen molar-refractivity contribution in [2.45, 2.75) is 53.4 Å². The Labute approximate surface area is 313 Å². The first kappa shape index (κ1) is 37.6. The van der Waals surface area contributed by atoms with Gasteiger partial charge in [-0.2, -0.15) is 0 Å². The first-order valence-electron chi connectivity index (χ1n) is 18.4. The van der Waals surface area contributed by atoms with Crippen molar-refractivity contribution in [1.82, 2.24) is 20.5 Å². The Morgan fingerprint density at radius 1 is 0.904 bits per heavy atom. The molecule has 9 nitrogen and oxygen atoms in total. The normalized spacial score (nSPS) is 17.1. The fourth-order valence-corrected chi connectivity index (χ4v) is 7.35. The molecular weight excluding hydrogens is 676 g/mol. The van der Waals surface area contributed by atoms with Gasteiger partial charge in [-0.25, -0.2) is 0 Å². The maximum atomic E-state index is 11.2. The molecule has 0 saturated carbocycles. The van der Waals surface area contributed by atoms with Gasteiger partial charge in [0.05, 0.1) is 18.2 Å². The smallest absolute Gasteiger partial charge is 0.216 e. The quantitative estimate of drug-likeness (QED) is 0.111. The molecule has 3 heterocycles. The second-order valence-electron chi connectivity index (χ2n) is 13.9. The fourth-order valence-electron chi connectivity index (χ4n) is 7.11. The van der Waals surface area contributed by atoms with Gasteiger partial charge in [-0.15, -0.1) is 0 Å². The van der Waals surface area contributed by atoms with Crippen molar-refractivity contribution in [3.63, 3.8) is 0 Å². The van der Waals surface area contributed by atoms with E-state index in [-0.39, 0.29) is 5.91 Å². The molecule has 1 amide bonds. The van der Waals surface area contributed by atoms with E-state index in [0.717, 1.165) is 89.9 Å². The van der Waals surface area contributed by atoms with Crippen LogP contribution in [0.1, 0.15) is 47.6 Å². The molecule has 2 aliphatic heterocycles. The number of pyridine rings is 1. The number of hydrogen-bond donors (Lipinski definition) is 2. The van der Waals surface area contributed by atoms with Crippen LogP contribution < -0.4 is 24.8 Å². The number of halogens is 1. The molecule has 4 aromatic rings. The Morgan fingerprint density at radius 3 is 2.54 bits per heavy atom. The summed E-state index contributed by atoms with van der Waals surface area (Å²) in [7, 11) is 0. The zero-order valence-corrected chi connectivity index (χ0v) is 31.3. The van der Waals surface area contributed by atoms with Crippen LogP contribution in [0.25, 0.3) is 11.1 Å². The van der Waals surface area contributed by atoms with Gasteiger partial charge in [0.25, 0.3) is 0 Å². The molecule has 6 rings (SSSR count). The highest BCUT2D eigenvalue weighted by atomic mass is 35.5. The third kappa shape index (κ3) is 10.0. The lowest BCUT2D eigenvalue weighted by atomic mass is 9.89. The predicted molar refractivity (Wildman–Crippen MR) is 205 cm³/mol. The second kappa shape index (κ2) is 18.6. The lowest BCUT2D eigenvalue weighted by Gasteiger charge is -2.33. The lowest BCUT2D eigenvalue weighted by molar-refractivity contribution is -0.118. The zero-order chi connectivity index (χ0) is 36.3. The Hall–Kier alpha value is -4.15. The summed E-state index contributed by atoms with van der Waals surface area (Å²) in [6.07, 6.45) is 5.78. The second-order valence-corrected chi connectivity index (χ2v) is 14.3. The highest BCUT2D eigenvalue weighted by molar-refractivity contribution is 6.32. The number of carbonyl (C=O) groups is 1. The molecular formula is C42H51ClN4O5. The maximum absolute atomic E-state index is 11.2. The molecule has 2 aliphatic rings. The number of nitrogens with one attached hydrogen (secondary N) is 2. The zero-order valence-electron chi connectivity index (χ0n) is 30.6. The number of amides is 1. The van der Waals surface area contributed by atoms with E-state index >= 15 is 0 Å². The van der Waals surface area contributed by atoms with Crippen LogP contribution in [0.4, 0.5) is 0 Å². The van der Waals surface area contributed by atoms with Gasteiger partial charge in [0.1, 0.15) is 30.5 Å². The monoisotopic (exact) mass is 726 g/mol. The number of benzene rings is 3. The molecule has 0 aliphatic carbocycles. The number of aromatic nitrogens is 1. The van der Waals surface area contributed by atoms with Crippen molar-refractivity contribution in [2.24, 2.45) is 11.8 Å². The van der Waals surface area contributed by atoms with Crippen LogP contribution in [-0.2, 0) is 29.3 Å². The van der Waals surface area contributed by atoms with Gasteiger partial charge < -0.3 is 34.5 Å². The minimum Gasteiger partial charge on any atom is -0.493 e. The van der Waals surface area contributed by atoms with Gasteiger partial charge in [-0.3, -0.25) is 9.78 Å². The Kier molecular flexibility index (Phi) is 13.4. The summed E-state index contributed by atoms with van der Waals surface area (Å²) in [6, 6.07) is 20.2. The van der Waals surface area contributed by atoms with Crippen molar-refractivity contribution in [3.8, 4) is 28.4 Å². The minimum atomic E-state index is -0.0579. The first-order valence-corrected chi connectivity index (χ1v) is 18.8. The topological polar surface area (TPSA) is 94.2 Å². The standard InChI is InChI=1S/C42H51ClN4O5/c1-29-33(28-52-42-21-41(51-25-32-8-6-14-44-22-32)35(20-39(42)43)23-45-15-16-46-31(3)48)9-4-10-37(29)38-11-5-12-40(30(38)2)50-19-7-17-47-18-13-34-26-49-27-36(34)24-47/h4-6,8-12,14,20-22,34,36,45H,7,13,15-19,23-28H2,1-3H3,(H,46,48). The van der Waals surface area contributed by atoms with Crippen LogP contribution in [0.3, 0.4) is 0 Å². The fraction of sp³-hybridized carbons (Fsp3) is 0.429. The highest BCUT2D eigenvalue weighted by Crippen LogP contribution is 2.36. The lowest BCUT2D eigenvalue weighted by Crippen LogP contribution is -2.40. The summed E-state index contributed by atoms with van der Waals surface area (Å²) in [5.74, 6) is 3.54. The summed E-state index contributed by atoms with van der Waals surface area (Å²) in [5, 5.41) is 6.65. The third-order valence-corrected chi connectivity index (χ3v) is 10.4. The molecule has 2 fully saturated rings. The largest absolute Gasteiger partial charge is 0.493 e. The molecule has 2 unspecified atom stereocenters. The summed E-state index contributed by atoms with van der Waals surface area (Å²) in [4.78, 5) is 18.0. The molecule has 0 radical (unpaired) electrons. The van der Waals surface area contributed by atoms with E-state index in [2.05, 4.69) is 70.8 Å². The SMILES string of the molecule is CC(=O)NCCNCc1cc(Cl)c(OCc2cccc(-c3cccc(OCCCN4CCC5COCC5C4)c3C)c2C)cc1OCc1cccnc1. The minimum absolute atomic E-state index is 0.0579. The molecule has 276 valence electrons. The average molecular weight is 727 g/mol. The van der Waals surface area contributed by atoms with E-state index in [0.29, 0.717) is 61.9 Å².